The van der Waals surface area contributed by atoms with Crippen LogP contribution in [0.2, 0.25) is 5.02 Å². The van der Waals surface area contributed by atoms with E-state index in [2.05, 4.69) is 15.5 Å². The van der Waals surface area contributed by atoms with Crippen LogP contribution in [0, 0.1) is 11.6 Å². The molecule has 2 amide bonds. The third-order valence-corrected chi connectivity index (χ3v) is 4.37. The largest absolute Gasteiger partial charge is 0.370 e. The number of nitrogens with one attached hydrogen (secondary N) is 2. The van der Waals surface area contributed by atoms with Gasteiger partial charge in [0.25, 0.3) is 5.91 Å². The Balaban J connectivity index is 1.91. The zero-order chi connectivity index (χ0) is 20.3. The van der Waals surface area contributed by atoms with E-state index in [0.717, 1.165) is 6.07 Å². The third kappa shape index (κ3) is 4.17. The SMILES string of the molecule is NC(=O)C[C@H](NC(=O)c1cn[nH]c1-c1ccccc1F)c1ccc(F)c(Cl)c1. The van der Waals surface area contributed by atoms with Gasteiger partial charge in [-0.2, -0.15) is 5.10 Å². The molecular formula is C19H15ClF2N4O2. The van der Waals surface area contributed by atoms with E-state index < -0.39 is 29.5 Å². The summed E-state index contributed by atoms with van der Waals surface area (Å²) in [6.45, 7) is 0. The lowest BCUT2D eigenvalue weighted by atomic mass is 10.0. The fraction of sp³-hybridized carbons (Fsp3) is 0.105. The van der Waals surface area contributed by atoms with Gasteiger partial charge in [0.05, 0.1) is 34.9 Å². The van der Waals surface area contributed by atoms with Crippen molar-refractivity contribution in [2.75, 3.05) is 0 Å². The summed E-state index contributed by atoms with van der Waals surface area (Å²) in [7, 11) is 0. The highest BCUT2D eigenvalue weighted by Gasteiger charge is 2.23. The van der Waals surface area contributed by atoms with E-state index in [1.807, 2.05) is 0 Å². The Morgan fingerprint density at radius 2 is 1.93 bits per heavy atom. The first-order valence-electron chi connectivity index (χ1n) is 8.19. The molecule has 1 heterocycles. The second kappa shape index (κ2) is 8.18. The van der Waals surface area contributed by atoms with Gasteiger partial charge in [0, 0.05) is 5.56 Å². The lowest BCUT2D eigenvalue weighted by Crippen LogP contribution is -2.32. The van der Waals surface area contributed by atoms with Crippen molar-refractivity contribution in [1.82, 2.24) is 15.5 Å². The standard InChI is InChI=1S/C19H15ClF2N4O2/c20-13-7-10(5-6-15(13)22)16(8-17(23)27)25-19(28)12-9-24-26-18(12)11-3-1-2-4-14(11)21/h1-7,9,16H,8H2,(H2,23,27)(H,24,26)(H,25,28)/t16-/m0/s1. The maximum Gasteiger partial charge on any atom is 0.255 e. The van der Waals surface area contributed by atoms with Crippen LogP contribution in [0.3, 0.4) is 0 Å². The molecule has 2 aromatic carbocycles. The second-order valence-electron chi connectivity index (χ2n) is 6.01. The van der Waals surface area contributed by atoms with E-state index in [9.17, 15) is 18.4 Å². The van der Waals surface area contributed by atoms with Crippen LogP contribution < -0.4 is 11.1 Å². The lowest BCUT2D eigenvalue weighted by Gasteiger charge is -2.18. The summed E-state index contributed by atoms with van der Waals surface area (Å²) in [6.07, 6.45) is 1.01. The van der Waals surface area contributed by atoms with Gasteiger partial charge >= 0.3 is 0 Å². The molecule has 144 valence electrons. The summed E-state index contributed by atoms with van der Waals surface area (Å²) in [5, 5.41) is 8.90. The van der Waals surface area contributed by atoms with Gasteiger partial charge in [-0.05, 0) is 29.8 Å². The molecule has 0 saturated carbocycles. The van der Waals surface area contributed by atoms with E-state index in [1.54, 1.807) is 6.07 Å². The Kier molecular flexibility index (Phi) is 5.70. The monoisotopic (exact) mass is 404 g/mol. The Labute approximate surface area is 163 Å². The number of primary amides is 1. The van der Waals surface area contributed by atoms with Gasteiger partial charge < -0.3 is 11.1 Å². The molecule has 0 aliphatic carbocycles. The lowest BCUT2D eigenvalue weighted by molar-refractivity contribution is -0.118. The Bertz CT molecular complexity index is 1040. The molecule has 1 atom stereocenters. The minimum atomic E-state index is -0.855. The normalized spacial score (nSPS) is 11.8. The molecule has 1 aromatic heterocycles. The van der Waals surface area contributed by atoms with Crippen molar-refractivity contribution in [3.63, 3.8) is 0 Å². The molecular weight excluding hydrogens is 390 g/mol. The number of carbonyl (C=O) groups is 2. The molecule has 28 heavy (non-hydrogen) atoms. The Morgan fingerprint density at radius 1 is 1.18 bits per heavy atom. The summed E-state index contributed by atoms with van der Waals surface area (Å²) in [5.41, 5.74) is 6.10. The number of hydrogen-bond donors (Lipinski definition) is 3. The molecule has 0 bridgehead atoms. The summed E-state index contributed by atoms with van der Waals surface area (Å²) in [4.78, 5) is 24.2. The number of hydrogen-bond acceptors (Lipinski definition) is 3. The predicted molar refractivity (Wildman–Crippen MR) is 99.4 cm³/mol. The van der Waals surface area contributed by atoms with Crippen molar-refractivity contribution in [3.8, 4) is 11.3 Å². The van der Waals surface area contributed by atoms with E-state index in [-0.39, 0.29) is 28.3 Å². The van der Waals surface area contributed by atoms with Gasteiger partial charge in [0.15, 0.2) is 0 Å². The highest BCUT2D eigenvalue weighted by Crippen LogP contribution is 2.26. The quantitative estimate of drug-likeness (QED) is 0.587. The molecule has 0 aliphatic heterocycles. The van der Waals surface area contributed by atoms with E-state index >= 15 is 0 Å². The first kappa shape index (κ1) is 19.5. The second-order valence-corrected chi connectivity index (χ2v) is 6.42. The number of benzene rings is 2. The van der Waals surface area contributed by atoms with Crippen molar-refractivity contribution in [2.24, 2.45) is 5.73 Å². The molecule has 6 nitrogen and oxygen atoms in total. The number of aromatic amines is 1. The number of nitrogens with two attached hydrogens (primary N) is 1. The van der Waals surface area contributed by atoms with Crippen LogP contribution in [0.1, 0.15) is 28.4 Å². The van der Waals surface area contributed by atoms with Gasteiger partial charge in [-0.1, -0.05) is 29.8 Å². The fourth-order valence-electron chi connectivity index (χ4n) is 2.75. The maximum absolute atomic E-state index is 14.1. The molecule has 9 heteroatoms. The molecule has 0 radical (unpaired) electrons. The summed E-state index contributed by atoms with van der Waals surface area (Å²) in [6, 6.07) is 8.87. The summed E-state index contributed by atoms with van der Waals surface area (Å²) < 4.78 is 27.5. The topological polar surface area (TPSA) is 101 Å². The smallest absolute Gasteiger partial charge is 0.255 e. The van der Waals surface area contributed by atoms with Crippen LogP contribution >= 0.6 is 11.6 Å². The molecule has 3 aromatic rings. The minimum Gasteiger partial charge on any atom is -0.370 e. The first-order valence-corrected chi connectivity index (χ1v) is 8.57. The highest BCUT2D eigenvalue weighted by atomic mass is 35.5. The van der Waals surface area contributed by atoms with Crippen LogP contribution in [0.25, 0.3) is 11.3 Å². The van der Waals surface area contributed by atoms with E-state index in [4.69, 9.17) is 17.3 Å². The van der Waals surface area contributed by atoms with Gasteiger partial charge in [-0.25, -0.2) is 8.78 Å². The van der Waals surface area contributed by atoms with Gasteiger partial charge in [-0.15, -0.1) is 0 Å². The average Bonchev–Trinajstić information content (AvgIpc) is 3.13. The molecule has 3 rings (SSSR count). The van der Waals surface area contributed by atoms with Crippen molar-refractivity contribution < 1.29 is 18.4 Å². The van der Waals surface area contributed by atoms with Crippen molar-refractivity contribution in [3.05, 3.63) is 76.4 Å². The molecule has 0 unspecified atom stereocenters. The summed E-state index contributed by atoms with van der Waals surface area (Å²) in [5.74, 6) is -2.45. The Hall–Kier alpha value is -3.26. The molecule has 0 spiro atoms. The molecule has 0 saturated heterocycles. The molecule has 0 aliphatic rings. The highest BCUT2D eigenvalue weighted by molar-refractivity contribution is 6.30. The van der Waals surface area contributed by atoms with Crippen LogP contribution in [-0.4, -0.2) is 22.0 Å². The van der Waals surface area contributed by atoms with Crippen LogP contribution in [0.5, 0.6) is 0 Å². The first-order chi connectivity index (χ1) is 13.4. The number of aromatic nitrogens is 2. The molecule has 0 fully saturated rings. The van der Waals surface area contributed by atoms with Gasteiger partial charge in [-0.3, -0.25) is 14.7 Å². The number of halogens is 3. The van der Waals surface area contributed by atoms with Crippen LogP contribution in [0.15, 0.2) is 48.7 Å². The Morgan fingerprint density at radius 3 is 2.61 bits per heavy atom. The number of amides is 2. The number of rotatable bonds is 6. The summed E-state index contributed by atoms with van der Waals surface area (Å²) >= 11 is 5.79. The molecule has 4 N–H and O–H groups in total. The van der Waals surface area contributed by atoms with Crippen LogP contribution in [-0.2, 0) is 4.79 Å². The predicted octanol–water partition coefficient (Wildman–Crippen LogP) is 3.35. The zero-order valence-electron chi connectivity index (χ0n) is 14.4. The maximum atomic E-state index is 14.1. The number of nitrogens with zero attached hydrogens (tertiary/aromatic N) is 1. The average molecular weight is 405 g/mol. The van der Waals surface area contributed by atoms with Crippen molar-refractivity contribution in [2.45, 2.75) is 12.5 Å². The number of H-pyrrole nitrogens is 1. The van der Waals surface area contributed by atoms with Crippen molar-refractivity contribution >= 4 is 23.4 Å². The van der Waals surface area contributed by atoms with Gasteiger partial charge in [0.2, 0.25) is 5.91 Å². The number of carbonyl (C=O) groups excluding carboxylic acids is 2. The third-order valence-electron chi connectivity index (χ3n) is 4.08. The van der Waals surface area contributed by atoms with Gasteiger partial charge in [0.1, 0.15) is 11.6 Å². The zero-order valence-corrected chi connectivity index (χ0v) is 15.1. The van der Waals surface area contributed by atoms with Crippen LogP contribution in [0.4, 0.5) is 8.78 Å². The van der Waals surface area contributed by atoms with Crippen molar-refractivity contribution in [1.29, 1.82) is 0 Å². The fourth-order valence-corrected chi connectivity index (χ4v) is 2.94. The minimum absolute atomic E-state index is 0.0766. The van der Waals surface area contributed by atoms with E-state index in [1.165, 1.54) is 36.5 Å². The van der Waals surface area contributed by atoms with E-state index in [0.29, 0.717) is 5.56 Å².